The van der Waals surface area contributed by atoms with E-state index < -0.39 is 9.84 Å². The van der Waals surface area contributed by atoms with E-state index in [4.69, 9.17) is 4.74 Å². The molecule has 0 bridgehead atoms. The van der Waals surface area contributed by atoms with Crippen molar-refractivity contribution in [1.82, 2.24) is 4.98 Å². The number of aryl methyl sites for hydroxylation is 2. The highest BCUT2D eigenvalue weighted by atomic mass is 32.2. The van der Waals surface area contributed by atoms with Crippen molar-refractivity contribution >= 4 is 32.1 Å². The molecule has 0 amide bonds. The van der Waals surface area contributed by atoms with Gasteiger partial charge in [0.1, 0.15) is 10.6 Å². The van der Waals surface area contributed by atoms with Crippen LogP contribution in [-0.4, -0.2) is 46.7 Å². The van der Waals surface area contributed by atoms with Gasteiger partial charge in [0.15, 0.2) is 0 Å². The van der Waals surface area contributed by atoms with Crippen molar-refractivity contribution in [2.24, 2.45) is 0 Å². The zero-order valence-corrected chi connectivity index (χ0v) is 21.0. The number of aromatic nitrogens is 1. The molecular weight excluding hydrogens is 458 g/mol. The number of pyridine rings is 1. The standard InChI is InChI=1S/C28H29N3O3S/c1-20-4-11-24(12-5-20)35(32,33)27-19-29-26-13-6-21(2)18-25(26)28(27)31-16-14-30(15-17-31)22-7-9-23(34-3)10-8-22/h4-13,18-19H,14-17H2,1-3H3. The molecule has 0 atom stereocenters. The summed E-state index contributed by atoms with van der Waals surface area (Å²) in [5.41, 5.74) is 4.77. The van der Waals surface area contributed by atoms with Crippen LogP contribution in [0.15, 0.2) is 82.7 Å². The highest BCUT2D eigenvalue weighted by molar-refractivity contribution is 7.91. The van der Waals surface area contributed by atoms with E-state index in [1.807, 2.05) is 56.3 Å². The maximum Gasteiger partial charge on any atom is 0.210 e. The highest BCUT2D eigenvalue weighted by Gasteiger charge is 2.29. The number of sulfone groups is 1. The second-order valence-electron chi connectivity index (χ2n) is 8.98. The third kappa shape index (κ3) is 4.44. The fraction of sp³-hybridized carbons (Fsp3) is 0.250. The summed E-state index contributed by atoms with van der Waals surface area (Å²) in [6.07, 6.45) is 1.53. The third-order valence-corrected chi connectivity index (χ3v) is 8.39. The summed E-state index contributed by atoms with van der Waals surface area (Å²) in [6.45, 7) is 6.94. The Hall–Kier alpha value is -3.58. The van der Waals surface area contributed by atoms with Crippen LogP contribution in [0.25, 0.3) is 10.9 Å². The molecule has 180 valence electrons. The van der Waals surface area contributed by atoms with Crippen LogP contribution >= 0.6 is 0 Å². The van der Waals surface area contributed by atoms with Crippen LogP contribution in [0.1, 0.15) is 11.1 Å². The van der Waals surface area contributed by atoms with Crippen LogP contribution in [0.2, 0.25) is 0 Å². The minimum absolute atomic E-state index is 0.261. The number of rotatable bonds is 5. The maximum atomic E-state index is 13.8. The summed E-state index contributed by atoms with van der Waals surface area (Å²) in [4.78, 5) is 9.60. The molecule has 7 heteroatoms. The molecule has 3 aromatic carbocycles. The summed E-state index contributed by atoms with van der Waals surface area (Å²) in [7, 11) is -2.08. The van der Waals surface area contributed by atoms with Crippen molar-refractivity contribution in [2.75, 3.05) is 43.1 Å². The summed E-state index contributed by atoms with van der Waals surface area (Å²) in [6, 6.07) is 21.1. The molecular formula is C28H29N3O3S. The number of anilines is 2. The topological polar surface area (TPSA) is 62.7 Å². The number of benzene rings is 3. The van der Waals surface area contributed by atoms with Gasteiger partial charge >= 0.3 is 0 Å². The van der Waals surface area contributed by atoms with Gasteiger partial charge in [-0.2, -0.15) is 0 Å². The first-order chi connectivity index (χ1) is 16.9. The molecule has 2 heterocycles. The quantitative estimate of drug-likeness (QED) is 0.394. The van der Waals surface area contributed by atoms with E-state index in [9.17, 15) is 8.42 Å². The molecule has 0 N–H and O–H groups in total. The van der Waals surface area contributed by atoms with E-state index in [1.54, 1.807) is 19.2 Å². The van der Waals surface area contributed by atoms with E-state index in [0.29, 0.717) is 13.1 Å². The fourth-order valence-corrected chi connectivity index (χ4v) is 6.06. The molecule has 35 heavy (non-hydrogen) atoms. The maximum absolute atomic E-state index is 13.8. The highest BCUT2D eigenvalue weighted by Crippen LogP contribution is 2.37. The number of fused-ring (bicyclic) bond motifs is 1. The lowest BCUT2D eigenvalue weighted by atomic mass is 10.1. The van der Waals surface area contributed by atoms with Gasteiger partial charge in [-0.3, -0.25) is 4.98 Å². The van der Waals surface area contributed by atoms with Crippen LogP contribution < -0.4 is 14.5 Å². The third-order valence-electron chi connectivity index (χ3n) is 6.62. The molecule has 1 fully saturated rings. The fourth-order valence-electron chi connectivity index (χ4n) is 4.62. The number of ether oxygens (including phenoxy) is 1. The van der Waals surface area contributed by atoms with Gasteiger partial charge in [-0.25, -0.2) is 8.42 Å². The normalized spacial score (nSPS) is 14.4. The Balaban J connectivity index is 1.54. The van der Waals surface area contributed by atoms with E-state index in [1.165, 1.54) is 6.20 Å². The van der Waals surface area contributed by atoms with E-state index in [-0.39, 0.29) is 9.79 Å². The minimum atomic E-state index is -3.75. The Kier molecular flexibility index (Phi) is 6.11. The predicted octanol–water partition coefficient (Wildman–Crippen LogP) is 5.02. The van der Waals surface area contributed by atoms with Gasteiger partial charge in [0.25, 0.3) is 0 Å². The molecule has 6 nitrogen and oxygen atoms in total. The van der Waals surface area contributed by atoms with Crippen molar-refractivity contribution in [1.29, 1.82) is 0 Å². The summed E-state index contributed by atoms with van der Waals surface area (Å²) in [5, 5.41) is 0.871. The number of methoxy groups -OCH3 is 1. The second kappa shape index (κ2) is 9.23. The molecule has 0 unspecified atom stereocenters. The Bertz CT molecular complexity index is 1460. The molecule has 1 aromatic heterocycles. The molecule has 0 saturated carbocycles. The summed E-state index contributed by atoms with van der Waals surface area (Å²) < 4.78 is 32.9. The van der Waals surface area contributed by atoms with Crippen LogP contribution in [0.3, 0.4) is 0 Å². The van der Waals surface area contributed by atoms with Crippen LogP contribution in [0.5, 0.6) is 5.75 Å². The predicted molar refractivity (Wildman–Crippen MR) is 141 cm³/mol. The van der Waals surface area contributed by atoms with Crippen LogP contribution in [-0.2, 0) is 9.84 Å². The first kappa shape index (κ1) is 23.2. The first-order valence-electron chi connectivity index (χ1n) is 11.7. The Morgan fingerprint density at radius 2 is 1.43 bits per heavy atom. The molecule has 4 aromatic rings. The van der Waals surface area contributed by atoms with Crippen molar-refractivity contribution in [2.45, 2.75) is 23.6 Å². The van der Waals surface area contributed by atoms with Crippen molar-refractivity contribution in [3.63, 3.8) is 0 Å². The monoisotopic (exact) mass is 487 g/mol. The zero-order valence-electron chi connectivity index (χ0n) is 20.2. The van der Waals surface area contributed by atoms with E-state index in [2.05, 4.69) is 26.9 Å². The lowest BCUT2D eigenvalue weighted by Gasteiger charge is -2.38. The Morgan fingerprint density at radius 1 is 0.800 bits per heavy atom. The van der Waals surface area contributed by atoms with Gasteiger partial charge in [-0.15, -0.1) is 0 Å². The average molecular weight is 488 g/mol. The van der Waals surface area contributed by atoms with Gasteiger partial charge in [0.05, 0.1) is 23.2 Å². The molecule has 1 aliphatic heterocycles. The summed E-state index contributed by atoms with van der Waals surface area (Å²) >= 11 is 0. The number of nitrogens with zero attached hydrogens (tertiary/aromatic N) is 3. The lowest BCUT2D eigenvalue weighted by molar-refractivity contribution is 0.415. The smallest absolute Gasteiger partial charge is 0.210 e. The molecule has 1 saturated heterocycles. The Morgan fingerprint density at radius 3 is 2.09 bits per heavy atom. The van der Waals surface area contributed by atoms with Crippen molar-refractivity contribution in [3.8, 4) is 5.75 Å². The van der Waals surface area contributed by atoms with E-state index in [0.717, 1.165) is 52.2 Å². The number of hydrogen-bond acceptors (Lipinski definition) is 6. The van der Waals surface area contributed by atoms with Crippen molar-refractivity contribution in [3.05, 3.63) is 84.1 Å². The van der Waals surface area contributed by atoms with Gasteiger partial charge in [-0.05, 0) is 62.4 Å². The Labute approximate surface area is 206 Å². The second-order valence-corrected chi connectivity index (χ2v) is 10.9. The minimum Gasteiger partial charge on any atom is -0.497 e. The van der Waals surface area contributed by atoms with Crippen molar-refractivity contribution < 1.29 is 13.2 Å². The molecule has 5 rings (SSSR count). The largest absolute Gasteiger partial charge is 0.497 e. The van der Waals surface area contributed by atoms with Crippen LogP contribution in [0.4, 0.5) is 11.4 Å². The lowest BCUT2D eigenvalue weighted by Crippen LogP contribution is -2.47. The summed E-state index contributed by atoms with van der Waals surface area (Å²) in [5.74, 6) is 0.831. The SMILES string of the molecule is COc1ccc(N2CCN(c3c(S(=O)(=O)c4ccc(C)cc4)cnc4ccc(C)cc34)CC2)cc1. The van der Waals surface area contributed by atoms with E-state index >= 15 is 0 Å². The molecule has 0 radical (unpaired) electrons. The number of piperazine rings is 1. The van der Waals surface area contributed by atoms with Gasteiger partial charge in [0.2, 0.25) is 9.84 Å². The molecule has 1 aliphatic rings. The number of hydrogen-bond donors (Lipinski definition) is 0. The first-order valence-corrected chi connectivity index (χ1v) is 13.2. The van der Waals surface area contributed by atoms with Gasteiger partial charge in [-0.1, -0.05) is 29.3 Å². The van der Waals surface area contributed by atoms with Gasteiger partial charge in [0, 0.05) is 43.4 Å². The zero-order chi connectivity index (χ0) is 24.6. The molecule has 0 spiro atoms. The molecule has 0 aliphatic carbocycles. The van der Waals surface area contributed by atoms with Gasteiger partial charge < -0.3 is 14.5 Å². The van der Waals surface area contributed by atoms with Crippen LogP contribution in [0, 0.1) is 13.8 Å². The average Bonchev–Trinajstić information content (AvgIpc) is 2.88.